The van der Waals surface area contributed by atoms with Gasteiger partial charge in [-0.05, 0) is 6.42 Å². The molecule has 2 atom stereocenters. The van der Waals surface area contributed by atoms with E-state index in [-0.39, 0.29) is 11.5 Å². The molecule has 0 amide bonds. The van der Waals surface area contributed by atoms with Crippen molar-refractivity contribution in [2.24, 2.45) is 5.92 Å². The van der Waals surface area contributed by atoms with Crippen molar-refractivity contribution in [2.45, 2.75) is 12.0 Å². The van der Waals surface area contributed by atoms with Crippen molar-refractivity contribution < 1.29 is 28.5 Å². The molecular weight excluding hydrogens is 228 g/mol. The van der Waals surface area contributed by atoms with Gasteiger partial charge in [0.25, 0.3) is 0 Å². The molecule has 6 nitrogen and oxygen atoms in total. The summed E-state index contributed by atoms with van der Waals surface area (Å²) >= 11 is 0. The van der Waals surface area contributed by atoms with E-state index in [2.05, 4.69) is 4.74 Å². The van der Waals surface area contributed by atoms with Gasteiger partial charge in [-0.1, -0.05) is 0 Å². The number of fused-ring (bicyclic) bond motifs is 1. The Hall–Kier alpha value is -1.56. The van der Waals surface area contributed by atoms with Crippen LogP contribution in [0.15, 0.2) is 11.3 Å². The molecule has 17 heavy (non-hydrogen) atoms. The topological polar surface area (TPSA) is 71.1 Å². The Labute approximate surface area is 98.5 Å². The number of methoxy groups -OCH3 is 3. The van der Waals surface area contributed by atoms with E-state index >= 15 is 0 Å². The minimum Gasteiger partial charge on any atom is -0.500 e. The second kappa shape index (κ2) is 4.03. The highest BCUT2D eigenvalue weighted by Crippen LogP contribution is 2.54. The highest BCUT2D eigenvalue weighted by atomic mass is 16.6. The zero-order valence-corrected chi connectivity index (χ0v) is 9.94. The fraction of sp³-hybridized carbons (Fsp3) is 0.636. The van der Waals surface area contributed by atoms with Crippen LogP contribution in [-0.2, 0) is 28.5 Å². The monoisotopic (exact) mass is 242 g/mol. The standard InChI is InChI=1S/C11H14O6/c1-14-8-6-4-5-17-11(6,10(13)16-3)7(8)9(12)15-2/h6H,4-5H2,1-3H3/t6-,11-/m0/s1. The molecule has 2 rings (SSSR count). The molecule has 6 heteroatoms. The number of hydrogen-bond acceptors (Lipinski definition) is 6. The third-order valence-corrected chi connectivity index (χ3v) is 3.26. The summed E-state index contributed by atoms with van der Waals surface area (Å²) in [5, 5.41) is 0. The molecule has 0 N–H and O–H groups in total. The Kier molecular flexibility index (Phi) is 2.82. The van der Waals surface area contributed by atoms with Gasteiger partial charge in [-0.25, -0.2) is 9.59 Å². The smallest absolute Gasteiger partial charge is 0.344 e. The first kappa shape index (κ1) is 11.9. The van der Waals surface area contributed by atoms with Crippen LogP contribution in [0.3, 0.4) is 0 Å². The van der Waals surface area contributed by atoms with Gasteiger partial charge in [0.05, 0.1) is 27.2 Å². The minimum absolute atomic E-state index is 0.122. The molecule has 0 aromatic carbocycles. The molecule has 1 aliphatic carbocycles. The van der Waals surface area contributed by atoms with Crippen LogP contribution >= 0.6 is 0 Å². The van der Waals surface area contributed by atoms with Gasteiger partial charge in [-0.2, -0.15) is 0 Å². The number of ether oxygens (including phenoxy) is 4. The second-order valence-corrected chi connectivity index (χ2v) is 3.85. The highest BCUT2D eigenvalue weighted by molar-refractivity contribution is 6.04. The molecule has 2 aliphatic rings. The molecule has 1 heterocycles. The molecule has 94 valence electrons. The SMILES string of the molecule is COC(=O)C1=C(OC)[C@@H]2CCO[C@]12C(=O)OC. The number of esters is 2. The highest BCUT2D eigenvalue weighted by Gasteiger charge is 2.68. The lowest BCUT2D eigenvalue weighted by Crippen LogP contribution is -2.57. The van der Waals surface area contributed by atoms with E-state index in [9.17, 15) is 9.59 Å². The quantitative estimate of drug-likeness (QED) is 0.650. The van der Waals surface area contributed by atoms with Crippen molar-refractivity contribution in [3.63, 3.8) is 0 Å². The van der Waals surface area contributed by atoms with Gasteiger partial charge >= 0.3 is 11.9 Å². The maximum Gasteiger partial charge on any atom is 0.344 e. The van der Waals surface area contributed by atoms with Crippen molar-refractivity contribution in [3.05, 3.63) is 11.3 Å². The number of carbonyl (C=O) groups is 2. The van der Waals surface area contributed by atoms with Crippen LogP contribution in [0.25, 0.3) is 0 Å². The van der Waals surface area contributed by atoms with E-state index < -0.39 is 17.5 Å². The summed E-state index contributed by atoms with van der Waals surface area (Å²) in [4.78, 5) is 23.5. The molecule has 0 aromatic heterocycles. The van der Waals surface area contributed by atoms with Gasteiger partial charge < -0.3 is 18.9 Å². The van der Waals surface area contributed by atoms with Gasteiger partial charge in [0.1, 0.15) is 11.3 Å². The van der Waals surface area contributed by atoms with Crippen molar-refractivity contribution in [2.75, 3.05) is 27.9 Å². The molecular formula is C11H14O6. The largest absolute Gasteiger partial charge is 0.500 e. The first-order chi connectivity index (χ1) is 8.13. The van der Waals surface area contributed by atoms with Crippen molar-refractivity contribution in [3.8, 4) is 0 Å². The van der Waals surface area contributed by atoms with Crippen LogP contribution < -0.4 is 0 Å². The summed E-state index contributed by atoms with van der Waals surface area (Å²) in [6.07, 6.45) is 0.624. The van der Waals surface area contributed by atoms with Crippen LogP contribution in [0, 0.1) is 5.92 Å². The summed E-state index contributed by atoms with van der Waals surface area (Å²) in [5.41, 5.74) is -1.20. The van der Waals surface area contributed by atoms with E-state index in [1.165, 1.54) is 21.3 Å². The molecule has 0 unspecified atom stereocenters. The first-order valence-electron chi connectivity index (χ1n) is 5.22. The Morgan fingerprint density at radius 3 is 2.53 bits per heavy atom. The Balaban J connectivity index is 2.46. The number of hydrogen-bond donors (Lipinski definition) is 0. The van der Waals surface area contributed by atoms with Crippen LogP contribution in [-0.4, -0.2) is 45.5 Å². The zero-order chi connectivity index (χ0) is 12.6. The maximum atomic E-state index is 11.8. The van der Waals surface area contributed by atoms with Crippen LogP contribution in [0.4, 0.5) is 0 Å². The fourth-order valence-corrected chi connectivity index (χ4v) is 2.54. The van der Waals surface area contributed by atoms with Gasteiger partial charge in [0, 0.05) is 6.61 Å². The predicted octanol–water partition coefficient (Wildman–Crippen LogP) is 0.0218. The molecule has 0 radical (unpaired) electrons. The van der Waals surface area contributed by atoms with Crippen LogP contribution in [0.5, 0.6) is 0 Å². The summed E-state index contributed by atoms with van der Waals surface area (Å²) in [6.45, 7) is 0.382. The molecule has 0 aromatic rings. The molecule has 0 saturated carbocycles. The van der Waals surface area contributed by atoms with Gasteiger partial charge in [0.15, 0.2) is 0 Å². The van der Waals surface area contributed by atoms with E-state index in [0.717, 1.165) is 0 Å². The first-order valence-corrected chi connectivity index (χ1v) is 5.22. The van der Waals surface area contributed by atoms with Crippen LogP contribution in [0.2, 0.25) is 0 Å². The van der Waals surface area contributed by atoms with Gasteiger partial charge in [-0.15, -0.1) is 0 Å². The lowest BCUT2D eigenvalue weighted by Gasteiger charge is -2.42. The third kappa shape index (κ3) is 1.30. The minimum atomic E-state index is -1.33. The molecule has 0 bridgehead atoms. The third-order valence-electron chi connectivity index (χ3n) is 3.26. The number of rotatable bonds is 3. The average Bonchev–Trinajstić information content (AvgIpc) is 2.69. The summed E-state index contributed by atoms with van der Waals surface area (Å²) in [6, 6.07) is 0. The predicted molar refractivity (Wildman–Crippen MR) is 54.9 cm³/mol. The summed E-state index contributed by atoms with van der Waals surface area (Å²) < 4.78 is 20.0. The lowest BCUT2D eigenvalue weighted by molar-refractivity contribution is -0.171. The van der Waals surface area contributed by atoms with Crippen LogP contribution in [0.1, 0.15) is 6.42 Å². The van der Waals surface area contributed by atoms with Gasteiger partial charge in [-0.3, -0.25) is 0 Å². The normalized spacial score (nSPS) is 30.4. The summed E-state index contributed by atoms with van der Waals surface area (Å²) in [5.74, 6) is -1.000. The second-order valence-electron chi connectivity index (χ2n) is 3.85. The Morgan fingerprint density at radius 2 is 2.00 bits per heavy atom. The Bertz CT molecular complexity index is 399. The molecule has 1 aliphatic heterocycles. The van der Waals surface area contributed by atoms with Crippen molar-refractivity contribution in [1.29, 1.82) is 0 Å². The molecule has 1 saturated heterocycles. The van der Waals surface area contributed by atoms with Gasteiger partial charge in [0.2, 0.25) is 5.60 Å². The van der Waals surface area contributed by atoms with E-state index in [0.29, 0.717) is 18.8 Å². The van der Waals surface area contributed by atoms with E-state index in [1.54, 1.807) is 0 Å². The average molecular weight is 242 g/mol. The fourth-order valence-electron chi connectivity index (χ4n) is 2.54. The van der Waals surface area contributed by atoms with E-state index in [4.69, 9.17) is 14.2 Å². The molecule has 1 fully saturated rings. The summed E-state index contributed by atoms with van der Waals surface area (Å²) in [7, 11) is 3.96. The van der Waals surface area contributed by atoms with Crippen molar-refractivity contribution >= 4 is 11.9 Å². The lowest BCUT2D eigenvalue weighted by atomic mass is 9.68. The Morgan fingerprint density at radius 1 is 1.29 bits per heavy atom. The maximum absolute atomic E-state index is 11.8. The molecule has 0 spiro atoms. The zero-order valence-electron chi connectivity index (χ0n) is 9.94. The number of carbonyl (C=O) groups excluding carboxylic acids is 2. The van der Waals surface area contributed by atoms with Crippen molar-refractivity contribution in [1.82, 2.24) is 0 Å². The van der Waals surface area contributed by atoms with E-state index in [1.807, 2.05) is 0 Å².